The molecule has 0 spiro atoms. The second-order valence-electron chi connectivity index (χ2n) is 5.24. The molecule has 0 saturated carbocycles. The zero-order valence-electron chi connectivity index (χ0n) is 11.6. The lowest BCUT2D eigenvalue weighted by Gasteiger charge is -2.15. The first-order valence-electron chi connectivity index (χ1n) is 7.15. The molecule has 0 bridgehead atoms. The molecule has 0 unspecified atom stereocenters. The molecule has 0 aliphatic carbocycles. The van der Waals surface area contributed by atoms with Crippen LogP contribution in [0.4, 0.5) is 0 Å². The fraction of sp³-hybridized carbons (Fsp3) is 0.500. The molecule has 3 heterocycles. The SMILES string of the molecule is O=C(CCCn1c(=S)[nH]c2ccsc2c1=O)N1CCCC1. The number of hydrogen-bond acceptors (Lipinski definition) is 4. The summed E-state index contributed by atoms with van der Waals surface area (Å²) in [4.78, 5) is 29.3. The first kappa shape index (κ1) is 14.5. The van der Waals surface area contributed by atoms with Crippen molar-refractivity contribution in [2.75, 3.05) is 13.1 Å². The fourth-order valence-electron chi connectivity index (χ4n) is 2.69. The van der Waals surface area contributed by atoms with E-state index in [4.69, 9.17) is 12.2 Å². The second kappa shape index (κ2) is 6.11. The number of aromatic amines is 1. The van der Waals surface area contributed by atoms with Gasteiger partial charge in [0.05, 0.1) is 5.52 Å². The number of likely N-dealkylation sites (tertiary alicyclic amines) is 1. The lowest BCUT2D eigenvalue weighted by molar-refractivity contribution is -0.130. The van der Waals surface area contributed by atoms with Gasteiger partial charge in [0.15, 0.2) is 4.77 Å². The number of aromatic nitrogens is 2. The molecule has 2 aromatic rings. The average molecular weight is 323 g/mol. The number of thiophene rings is 1. The minimum absolute atomic E-state index is 0.0580. The van der Waals surface area contributed by atoms with Crippen molar-refractivity contribution in [1.82, 2.24) is 14.5 Å². The minimum Gasteiger partial charge on any atom is -0.343 e. The number of nitrogens with one attached hydrogen (secondary N) is 1. The molecule has 1 aliphatic rings. The molecule has 112 valence electrons. The number of amides is 1. The zero-order chi connectivity index (χ0) is 14.8. The molecule has 2 aromatic heterocycles. The van der Waals surface area contributed by atoms with Crippen molar-refractivity contribution in [3.8, 4) is 0 Å². The number of carbonyl (C=O) groups excluding carboxylic acids is 1. The Bertz CT molecular complexity index is 768. The van der Waals surface area contributed by atoms with Crippen LogP contribution in [0.2, 0.25) is 0 Å². The predicted molar refractivity (Wildman–Crippen MR) is 86.3 cm³/mol. The molecule has 1 aliphatic heterocycles. The molecule has 1 N–H and O–H groups in total. The molecule has 7 heteroatoms. The van der Waals surface area contributed by atoms with Crippen molar-refractivity contribution in [2.24, 2.45) is 0 Å². The van der Waals surface area contributed by atoms with Crippen LogP contribution in [0.5, 0.6) is 0 Å². The Hall–Kier alpha value is -1.47. The summed E-state index contributed by atoms with van der Waals surface area (Å²) in [6.07, 6.45) is 3.32. The van der Waals surface area contributed by atoms with E-state index < -0.39 is 0 Å². The van der Waals surface area contributed by atoms with Gasteiger partial charge in [-0.25, -0.2) is 0 Å². The van der Waals surface area contributed by atoms with Gasteiger partial charge in [-0.1, -0.05) is 0 Å². The summed E-state index contributed by atoms with van der Waals surface area (Å²) >= 11 is 6.65. The third kappa shape index (κ3) is 2.94. The highest BCUT2D eigenvalue weighted by Crippen LogP contribution is 2.14. The maximum Gasteiger partial charge on any atom is 0.272 e. The molecular formula is C14H17N3O2S2. The van der Waals surface area contributed by atoms with Gasteiger partial charge in [-0.2, -0.15) is 0 Å². The molecule has 0 atom stereocenters. The maximum absolute atomic E-state index is 12.3. The Morgan fingerprint density at radius 3 is 2.90 bits per heavy atom. The summed E-state index contributed by atoms with van der Waals surface area (Å²) in [5, 5.41) is 1.87. The molecule has 1 fully saturated rings. The zero-order valence-corrected chi connectivity index (χ0v) is 13.3. The van der Waals surface area contributed by atoms with Gasteiger partial charge < -0.3 is 9.88 Å². The number of rotatable bonds is 4. The van der Waals surface area contributed by atoms with Gasteiger partial charge in [0.25, 0.3) is 5.56 Å². The van der Waals surface area contributed by atoms with Crippen LogP contribution < -0.4 is 5.56 Å². The minimum atomic E-state index is -0.0580. The van der Waals surface area contributed by atoms with E-state index in [2.05, 4.69) is 4.98 Å². The Morgan fingerprint density at radius 1 is 1.38 bits per heavy atom. The number of nitrogens with zero attached hydrogens (tertiary/aromatic N) is 2. The summed E-state index contributed by atoms with van der Waals surface area (Å²) in [7, 11) is 0. The van der Waals surface area contributed by atoms with E-state index >= 15 is 0 Å². The van der Waals surface area contributed by atoms with Crippen LogP contribution in [0.3, 0.4) is 0 Å². The third-order valence-electron chi connectivity index (χ3n) is 3.82. The number of carbonyl (C=O) groups is 1. The van der Waals surface area contributed by atoms with Crippen LogP contribution in [0.15, 0.2) is 16.2 Å². The number of fused-ring (bicyclic) bond motifs is 1. The lowest BCUT2D eigenvalue weighted by atomic mass is 10.2. The average Bonchev–Trinajstić information content (AvgIpc) is 3.12. The van der Waals surface area contributed by atoms with Gasteiger partial charge in [-0.3, -0.25) is 14.2 Å². The Balaban J connectivity index is 1.69. The Kier molecular flexibility index (Phi) is 4.21. The largest absolute Gasteiger partial charge is 0.343 e. The van der Waals surface area contributed by atoms with Gasteiger partial charge in [0.1, 0.15) is 4.70 Å². The van der Waals surface area contributed by atoms with Gasteiger partial charge in [-0.15, -0.1) is 11.3 Å². The molecule has 0 radical (unpaired) electrons. The van der Waals surface area contributed by atoms with E-state index in [0.29, 0.717) is 28.9 Å². The van der Waals surface area contributed by atoms with Gasteiger partial charge >= 0.3 is 0 Å². The van der Waals surface area contributed by atoms with Gasteiger partial charge in [0, 0.05) is 26.1 Å². The highest BCUT2D eigenvalue weighted by atomic mass is 32.1. The standard InChI is InChI=1S/C14H17N3O2S2/c18-11(16-6-1-2-7-16)4-3-8-17-13(19)12-10(5-9-21-12)15-14(17)20/h5,9H,1-4,6-8H2,(H,15,20). The molecule has 1 amide bonds. The fourth-order valence-corrected chi connectivity index (χ4v) is 3.77. The van der Waals surface area contributed by atoms with Gasteiger partial charge in [-0.05, 0) is 42.9 Å². The van der Waals surface area contributed by atoms with E-state index in [9.17, 15) is 9.59 Å². The van der Waals surface area contributed by atoms with Crippen molar-refractivity contribution >= 4 is 39.7 Å². The van der Waals surface area contributed by atoms with Crippen LogP contribution in [-0.4, -0.2) is 33.4 Å². The Labute approximate surface area is 131 Å². The van der Waals surface area contributed by atoms with E-state index in [1.807, 2.05) is 16.3 Å². The van der Waals surface area contributed by atoms with E-state index in [0.717, 1.165) is 31.4 Å². The van der Waals surface area contributed by atoms with E-state index in [1.54, 1.807) is 4.57 Å². The number of hydrogen-bond donors (Lipinski definition) is 1. The molecule has 0 aromatic carbocycles. The monoisotopic (exact) mass is 323 g/mol. The van der Waals surface area contributed by atoms with Crippen LogP contribution in [-0.2, 0) is 11.3 Å². The van der Waals surface area contributed by atoms with Crippen LogP contribution >= 0.6 is 23.6 Å². The van der Waals surface area contributed by atoms with Crippen molar-refractivity contribution in [1.29, 1.82) is 0 Å². The molecular weight excluding hydrogens is 306 g/mol. The van der Waals surface area contributed by atoms with Crippen LogP contribution in [0, 0.1) is 4.77 Å². The first-order valence-corrected chi connectivity index (χ1v) is 8.44. The quantitative estimate of drug-likeness (QED) is 0.880. The first-order chi connectivity index (χ1) is 10.2. The molecule has 5 nitrogen and oxygen atoms in total. The van der Waals surface area contributed by atoms with Crippen LogP contribution in [0.25, 0.3) is 10.2 Å². The second-order valence-corrected chi connectivity index (χ2v) is 6.54. The maximum atomic E-state index is 12.3. The summed E-state index contributed by atoms with van der Waals surface area (Å²) in [5.41, 5.74) is 0.733. The summed E-state index contributed by atoms with van der Waals surface area (Å²) in [6.45, 7) is 2.24. The number of H-pyrrole nitrogens is 1. The third-order valence-corrected chi connectivity index (χ3v) is 5.05. The summed E-state index contributed by atoms with van der Waals surface area (Å²) in [6, 6.07) is 1.86. The van der Waals surface area contributed by atoms with E-state index in [1.165, 1.54) is 11.3 Å². The van der Waals surface area contributed by atoms with Crippen molar-refractivity contribution in [3.05, 3.63) is 26.6 Å². The molecule has 3 rings (SSSR count). The van der Waals surface area contributed by atoms with Gasteiger partial charge in [0.2, 0.25) is 5.91 Å². The topological polar surface area (TPSA) is 58.1 Å². The van der Waals surface area contributed by atoms with Crippen molar-refractivity contribution < 1.29 is 4.79 Å². The highest BCUT2D eigenvalue weighted by molar-refractivity contribution is 7.71. The predicted octanol–water partition coefficient (Wildman–Crippen LogP) is 2.52. The normalized spacial score (nSPS) is 15.0. The smallest absolute Gasteiger partial charge is 0.272 e. The van der Waals surface area contributed by atoms with Crippen LogP contribution in [0.1, 0.15) is 25.7 Å². The summed E-state index contributed by atoms with van der Waals surface area (Å²) in [5.74, 6) is 0.188. The summed E-state index contributed by atoms with van der Waals surface area (Å²) < 4.78 is 2.68. The van der Waals surface area contributed by atoms with Crippen molar-refractivity contribution in [2.45, 2.75) is 32.2 Å². The lowest BCUT2D eigenvalue weighted by Crippen LogP contribution is -2.28. The van der Waals surface area contributed by atoms with E-state index in [-0.39, 0.29) is 11.5 Å². The van der Waals surface area contributed by atoms with Crippen molar-refractivity contribution in [3.63, 3.8) is 0 Å². The Morgan fingerprint density at radius 2 is 2.14 bits per heavy atom. The highest BCUT2D eigenvalue weighted by Gasteiger charge is 2.17. The molecule has 21 heavy (non-hydrogen) atoms. The molecule has 1 saturated heterocycles.